The first-order valence-electron chi connectivity index (χ1n) is 8.65. The molecule has 1 aliphatic carbocycles. The monoisotopic (exact) mass is 296 g/mol. The third-order valence-corrected chi connectivity index (χ3v) is 4.60. The van der Waals surface area contributed by atoms with E-state index in [1.54, 1.807) is 4.90 Å². The predicted octanol–water partition coefficient (Wildman–Crippen LogP) is 3.10. The second-order valence-electron chi connectivity index (χ2n) is 6.44. The van der Waals surface area contributed by atoms with Crippen molar-refractivity contribution < 1.29 is 9.59 Å². The van der Waals surface area contributed by atoms with Crippen molar-refractivity contribution in [2.45, 2.75) is 71.6 Å². The first kappa shape index (κ1) is 18.0. The van der Waals surface area contributed by atoms with E-state index in [2.05, 4.69) is 13.8 Å². The second-order valence-corrected chi connectivity index (χ2v) is 6.44. The summed E-state index contributed by atoms with van der Waals surface area (Å²) in [5, 5.41) is 0. The Kier molecular flexibility index (Phi) is 8.40. The van der Waals surface area contributed by atoms with Crippen LogP contribution in [0.4, 0.5) is 0 Å². The fourth-order valence-corrected chi connectivity index (χ4v) is 3.25. The highest BCUT2D eigenvalue weighted by Crippen LogP contribution is 2.32. The summed E-state index contributed by atoms with van der Waals surface area (Å²) < 4.78 is 0. The highest BCUT2D eigenvalue weighted by Gasteiger charge is 2.29. The minimum absolute atomic E-state index is 0.0780. The van der Waals surface area contributed by atoms with Gasteiger partial charge in [-0.15, -0.1) is 0 Å². The fourth-order valence-electron chi connectivity index (χ4n) is 3.25. The van der Waals surface area contributed by atoms with Crippen LogP contribution in [-0.2, 0) is 9.59 Å². The summed E-state index contributed by atoms with van der Waals surface area (Å²) in [5.41, 5.74) is 5.28. The van der Waals surface area contributed by atoms with Crippen molar-refractivity contribution in [1.82, 2.24) is 4.90 Å². The molecule has 1 aliphatic rings. The number of nitrogens with two attached hydrogens (primary N) is 1. The molecule has 0 heterocycles. The molecule has 2 amide bonds. The molecule has 0 aromatic heterocycles. The first-order chi connectivity index (χ1) is 10.1. The van der Waals surface area contributed by atoms with Gasteiger partial charge in [-0.2, -0.15) is 0 Å². The van der Waals surface area contributed by atoms with Crippen LogP contribution in [0.1, 0.15) is 71.6 Å². The van der Waals surface area contributed by atoms with E-state index in [9.17, 15) is 9.59 Å². The Morgan fingerprint density at radius 3 is 2.19 bits per heavy atom. The van der Waals surface area contributed by atoms with E-state index in [1.165, 1.54) is 19.3 Å². The molecule has 0 saturated heterocycles. The lowest BCUT2D eigenvalue weighted by atomic mass is 9.79. The van der Waals surface area contributed by atoms with E-state index in [0.717, 1.165) is 44.4 Å². The Morgan fingerprint density at radius 1 is 1.05 bits per heavy atom. The van der Waals surface area contributed by atoms with Crippen LogP contribution >= 0.6 is 0 Å². The van der Waals surface area contributed by atoms with Gasteiger partial charge in [0.2, 0.25) is 11.8 Å². The largest absolute Gasteiger partial charge is 0.368 e. The van der Waals surface area contributed by atoms with Gasteiger partial charge < -0.3 is 10.6 Å². The molecule has 122 valence electrons. The van der Waals surface area contributed by atoms with Gasteiger partial charge in [0.15, 0.2) is 0 Å². The molecule has 0 aromatic rings. The third-order valence-electron chi connectivity index (χ3n) is 4.60. The number of primary amides is 1. The molecule has 0 spiro atoms. The van der Waals surface area contributed by atoms with Gasteiger partial charge in [0.05, 0.1) is 6.54 Å². The molecule has 0 atom stereocenters. The number of hydrogen-bond donors (Lipinski definition) is 1. The number of amides is 2. The van der Waals surface area contributed by atoms with Gasteiger partial charge in [0.25, 0.3) is 0 Å². The van der Waals surface area contributed by atoms with Gasteiger partial charge in [-0.3, -0.25) is 9.59 Å². The van der Waals surface area contributed by atoms with Crippen LogP contribution in [0.15, 0.2) is 0 Å². The van der Waals surface area contributed by atoms with Crippen LogP contribution in [0.25, 0.3) is 0 Å². The van der Waals surface area contributed by atoms with E-state index in [-0.39, 0.29) is 18.4 Å². The molecule has 4 nitrogen and oxygen atoms in total. The molecule has 4 heteroatoms. The van der Waals surface area contributed by atoms with Crippen LogP contribution in [0.3, 0.4) is 0 Å². The summed E-state index contributed by atoms with van der Waals surface area (Å²) in [6, 6.07) is 0. The maximum atomic E-state index is 12.6. The summed E-state index contributed by atoms with van der Waals surface area (Å²) in [7, 11) is 0. The molecule has 0 aliphatic heterocycles. The van der Waals surface area contributed by atoms with Crippen molar-refractivity contribution in [2.75, 3.05) is 13.1 Å². The summed E-state index contributed by atoms with van der Waals surface area (Å²) in [6.45, 7) is 5.05. The van der Waals surface area contributed by atoms with Crippen molar-refractivity contribution in [3.05, 3.63) is 0 Å². The van der Waals surface area contributed by atoms with Gasteiger partial charge in [0.1, 0.15) is 0 Å². The highest BCUT2D eigenvalue weighted by atomic mass is 16.2. The van der Waals surface area contributed by atoms with Gasteiger partial charge >= 0.3 is 0 Å². The Morgan fingerprint density at radius 2 is 1.67 bits per heavy atom. The van der Waals surface area contributed by atoms with Crippen molar-refractivity contribution >= 4 is 11.8 Å². The summed E-state index contributed by atoms with van der Waals surface area (Å²) >= 11 is 0. The average molecular weight is 296 g/mol. The Balaban J connectivity index is 2.46. The molecular formula is C17H32N2O2. The first-order valence-corrected chi connectivity index (χ1v) is 8.65. The van der Waals surface area contributed by atoms with Crippen molar-refractivity contribution in [3.63, 3.8) is 0 Å². The number of unbranched alkanes of at least 4 members (excludes halogenated alkanes) is 2. The van der Waals surface area contributed by atoms with E-state index < -0.39 is 5.91 Å². The van der Waals surface area contributed by atoms with E-state index in [4.69, 9.17) is 5.73 Å². The fraction of sp³-hybridized carbons (Fsp3) is 0.882. The van der Waals surface area contributed by atoms with Crippen molar-refractivity contribution in [1.29, 1.82) is 0 Å². The molecule has 0 bridgehead atoms. The van der Waals surface area contributed by atoms with E-state index in [0.29, 0.717) is 6.54 Å². The van der Waals surface area contributed by atoms with Gasteiger partial charge in [-0.25, -0.2) is 0 Å². The van der Waals surface area contributed by atoms with Crippen LogP contribution in [-0.4, -0.2) is 29.8 Å². The molecule has 1 rings (SSSR count). The van der Waals surface area contributed by atoms with Crippen LogP contribution in [0.5, 0.6) is 0 Å². The summed E-state index contributed by atoms with van der Waals surface area (Å²) in [6.07, 6.45) is 10.1. The van der Waals surface area contributed by atoms with Gasteiger partial charge in [-0.05, 0) is 38.0 Å². The highest BCUT2D eigenvalue weighted by molar-refractivity contribution is 5.85. The Labute approximate surface area is 129 Å². The van der Waals surface area contributed by atoms with Crippen molar-refractivity contribution in [2.24, 2.45) is 17.6 Å². The summed E-state index contributed by atoms with van der Waals surface area (Å²) in [4.78, 5) is 25.4. The molecule has 0 unspecified atom stereocenters. The van der Waals surface area contributed by atoms with Crippen LogP contribution in [0.2, 0.25) is 0 Å². The zero-order valence-corrected chi connectivity index (χ0v) is 13.8. The number of carbonyl (C=O) groups excluding carboxylic acids is 2. The molecular weight excluding hydrogens is 264 g/mol. The standard InChI is InChI=1S/C17H32N2O2/c1-3-5-7-14-8-10-15(11-9-14)17(21)19(12-6-4-2)13-16(18)20/h14-15H,3-13H2,1-2H3,(H2,18,20). The minimum atomic E-state index is -0.406. The lowest BCUT2D eigenvalue weighted by molar-refractivity contribution is -0.140. The molecule has 0 radical (unpaired) electrons. The van der Waals surface area contributed by atoms with E-state index >= 15 is 0 Å². The number of hydrogen-bond acceptors (Lipinski definition) is 2. The maximum absolute atomic E-state index is 12.6. The number of nitrogens with zero attached hydrogens (tertiary/aromatic N) is 1. The Bertz CT molecular complexity index is 323. The van der Waals surface area contributed by atoms with E-state index in [1.807, 2.05) is 0 Å². The lowest BCUT2D eigenvalue weighted by Crippen LogP contribution is -2.43. The van der Waals surface area contributed by atoms with Crippen LogP contribution in [0, 0.1) is 11.8 Å². The molecule has 0 aromatic carbocycles. The Hall–Kier alpha value is -1.06. The average Bonchev–Trinajstić information content (AvgIpc) is 2.49. The van der Waals surface area contributed by atoms with Gasteiger partial charge in [-0.1, -0.05) is 39.5 Å². The zero-order valence-electron chi connectivity index (χ0n) is 13.8. The van der Waals surface area contributed by atoms with Gasteiger partial charge in [0, 0.05) is 12.5 Å². The normalized spacial score (nSPS) is 22.0. The van der Waals surface area contributed by atoms with Crippen LogP contribution < -0.4 is 5.73 Å². The topological polar surface area (TPSA) is 63.4 Å². The summed E-state index contributed by atoms with van der Waals surface area (Å²) in [5.74, 6) is 0.653. The number of rotatable bonds is 9. The maximum Gasteiger partial charge on any atom is 0.237 e. The van der Waals surface area contributed by atoms with Crippen molar-refractivity contribution in [3.8, 4) is 0 Å². The minimum Gasteiger partial charge on any atom is -0.368 e. The number of carbonyl (C=O) groups is 2. The quantitative estimate of drug-likeness (QED) is 0.710. The third kappa shape index (κ3) is 6.49. The second kappa shape index (κ2) is 9.80. The SMILES string of the molecule is CCCCC1CCC(C(=O)N(CCCC)CC(N)=O)CC1. The molecule has 1 saturated carbocycles. The lowest BCUT2D eigenvalue weighted by Gasteiger charge is -2.31. The molecule has 21 heavy (non-hydrogen) atoms. The smallest absolute Gasteiger partial charge is 0.237 e. The molecule has 2 N–H and O–H groups in total. The predicted molar refractivity (Wildman–Crippen MR) is 85.7 cm³/mol. The molecule has 1 fully saturated rings. The zero-order chi connectivity index (χ0) is 15.7.